The molecule has 1 aromatic rings. The number of aliphatic hydroxyl groups excluding tert-OH is 1. The summed E-state index contributed by atoms with van der Waals surface area (Å²) in [4.78, 5) is 2.32. The Morgan fingerprint density at radius 1 is 1.36 bits per heavy atom. The third-order valence-corrected chi connectivity index (χ3v) is 3.23. The van der Waals surface area contributed by atoms with Gasteiger partial charge in [-0.25, -0.2) is 0 Å². The second-order valence-corrected chi connectivity index (χ2v) is 4.01. The van der Waals surface area contributed by atoms with Crippen LogP contribution in [0.1, 0.15) is 6.42 Å². The Kier molecular flexibility index (Phi) is 1.67. The van der Waals surface area contributed by atoms with Crippen LogP contribution < -0.4 is 10.2 Å². The highest BCUT2D eigenvalue weighted by molar-refractivity contribution is 5.73. The van der Waals surface area contributed by atoms with Gasteiger partial charge in [0.2, 0.25) is 0 Å². The molecule has 3 rings (SSSR count). The molecule has 2 N–H and O–H groups in total. The summed E-state index contributed by atoms with van der Waals surface area (Å²) < 4.78 is 0. The molecular formula is C11H14N2O. The number of anilines is 2. The van der Waals surface area contributed by atoms with Crippen LogP contribution in [0, 0.1) is 0 Å². The molecule has 2 aliphatic rings. The molecule has 1 aromatic carbocycles. The lowest BCUT2D eigenvalue weighted by molar-refractivity contribution is 0.167. The molecule has 2 aliphatic heterocycles. The molecule has 74 valence electrons. The van der Waals surface area contributed by atoms with E-state index in [1.807, 2.05) is 12.1 Å². The number of fused-ring (bicyclic) bond motifs is 3. The second-order valence-electron chi connectivity index (χ2n) is 4.01. The van der Waals surface area contributed by atoms with E-state index in [0.29, 0.717) is 0 Å². The summed E-state index contributed by atoms with van der Waals surface area (Å²) in [6.45, 7) is 1.84. The van der Waals surface area contributed by atoms with Crippen LogP contribution in [0.5, 0.6) is 0 Å². The summed E-state index contributed by atoms with van der Waals surface area (Å²) in [5.41, 5.74) is 2.43. The van der Waals surface area contributed by atoms with Crippen LogP contribution in [-0.4, -0.2) is 30.3 Å². The zero-order valence-corrected chi connectivity index (χ0v) is 7.98. The van der Waals surface area contributed by atoms with Crippen molar-refractivity contribution in [2.24, 2.45) is 0 Å². The van der Waals surface area contributed by atoms with Crippen molar-refractivity contribution < 1.29 is 5.11 Å². The minimum atomic E-state index is -0.171. The largest absolute Gasteiger partial charge is 0.391 e. The van der Waals surface area contributed by atoms with Crippen molar-refractivity contribution in [3.8, 4) is 0 Å². The predicted octanol–water partition coefficient (Wildman–Crippen LogP) is 1.05. The molecule has 2 unspecified atom stereocenters. The smallest absolute Gasteiger partial charge is 0.0777 e. The maximum absolute atomic E-state index is 9.77. The molecule has 0 radical (unpaired) electrons. The molecule has 2 heterocycles. The molecule has 0 amide bonds. The van der Waals surface area contributed by atoms with Crippen LogP contribution >= 0.6 is 0 Å². The van der Waals surface area contributed by atoms with Gasteiger partial charge in [-0.2, -0.15) is 0 Å². The lowest BCUT2D eigenvalue weighted by Crippen LogP contribution is -2.44. The van der Waals surface area contributed by atoms with Crippen molar-refractivity contribution in [1.29, 1.82) is 0 Å². The van der Waals surface area contributed by atoms with Crippen LogP contribution in [0.4, 0.5) is 11.4 Å². The number of benzene rings is 1. The van der Waals surface area contributed by atoms with E-state index >= 15 is 0 Å². The van der Waals surface area contributed by atoms with Gasteiger partial charge in [-0.15, -0.1) is 0 Å². The Bertz CT molecular complexity index is 353. The van der Waals surface area contributed by atoms with Crippen LogP contribution in [0.2, 0.25) is 0 Å². The first-order valence-corrected chi connectivity index (χ1v) is 5.14. The van der Waals surface area contributed by atoms with E-state index in [0.717, 1.165) is 19.5 Å². The van der Waals surface area contributed by atoms with E-state index in [1.165, 1.54) is 11.4 Å². The van der Waals surface area contributed by atoms with Crippen LogP contribution in [0.15, 0.2) is 24.3 Å². The van der Waals surface area contributed by atoms with Crippen molar-refractivity contribution in [2.75, 3.05) is 23.3 Å². The van der Waals surface area contributed by atoms with Gasteiger partial charge in [0.1, 0.15) is 0 Å². The summed E-state index contributed by atoms with van der Waals surface area (Å²) in [6, 6.07) is 8.57. The third-order valence-electron chi connectivity index (χ3n) is 3.23. The van der Waals surface area contributed by atoms with Gasteiger partial charge in [0.05, 0.1) is 23.5 Å². The fraction of sp³-hybridized carbons (Fsp3) is 0.455. The number of hydrogen-bond donors (Lipinski definition) is 2. The van der Waals surface area contributed by atoms with Gasteiger partial charge in [-0.3, -0.25) is 0 Å². The van der Waals surface area contributed by atoms with Gasteiger partial charge < -0.3 is 15.3 Å². The van der Waals surface area contributed by atoms with E-state index in [9.17, 15) is 5.11 Å². The van der Waals surface area contributed by atoms with E-state index in [4.69, 9.17) is 0 Å². The average Bonchev–Trinajstić information content (AvgIpc) is 2.61. The average molecular weight is 190 g/mol. The van der Waals surface area contributed by atoms with E-state index in [1.54, 1.807) is 0 Å². The quantitative estimate of drug-likeness (QED) is 0.642. The van der Waals surface area contributed by atoms with Gasteiger partial charge in [-0.05, 0) is 18.6 Å². The van der Waals surface area contributed by atoms with Crippen LogP contribution in [0.3, 0.4) is 0 Å². The Hall–Kier alpha value is -1.22. The Morgan fingerprint density at radius 2 is 2.21 bits per heavy atom. The number of rotatable bonds is 0. The highest BCUT2D eigenvalue weighted by atomic mass is 16.3. The van der Waals surface area contributed by atoms with E-state index < -0.39 is 0 Å². The molecule has 0 bridgehead atoms. The third kappa shape index (κ3) is 1.02. The van der Waals surface area contributed by atoms with Gasteiger partial charge in [0.25, 0.3) is 0 Å². The Morgan fingerprint density at radius 3 is 3.14 bits per heavy atom. The standard InChI is InChI=1S/C11H14N2O/c14-11-5-6-13-9-4-2-1-3-8(9)12-7-10(11)13/h1-4,10-12,14H,5-7H2. The van der Waals surface area contributed by atoms with Gasteiger partial charge in [0, 0.05) is 13.1 Å². The lowest BCUT2D eigenvalue weighted by atomic mass is 10.1. The summed E-state index contributed by atoms with van der Waals surface area (Å²) in [5, 5.41) is 13.1. The number of aliphatic hydroxyl groups is 1. The first-order valence-electron chi connectivity index (χ1n) is 5.14. The molecule has 3 heteroatoms. The van der Waals surface area contributed by atoms with Crippen molar-refractivity contribution in [3.63, 3.8) is 0 Å². The van der Waals surface area contributed by atoms with Gasteiger partial charge in [0.15, 0.2) is 0 Å². The molecule has 0 aliphatic carbocycles. The van der Waals surface area contributed by atoms with Gasteiger partial charge >= 0.3 is 0 Å². The molecule has 2 atom stereocenters. The number of hydrogen-bond acceptors (Lipinski definition) is 3. The summed E-state index contributed by atoms with van der Waals surface area (Å²) >= 11 is 0. The molecule has 1 fully saturated rings. The minimum absolute atomic E-state index is 0.171. The first kappa shape index (κ1) is 8.12. The van der Waals surface area contributed by atoms with Crippen molar-refractivity contribution >= 4 is 11.4 Å². The minimum Gasteiger partial charge on any atom is -0.391 e. The molecule has 0 saturated carbocycles. The zero-order chi connectivity index (χ0) is 9.54. The number of nitrogens with one attached hydrogen (secondary N) is 1. The number of para-hydroxylation sites is 2. The molecule has 0 aromatic heterocycles. The maximum Gasteiger partial charge on any atom is 0.0777 e. The normalized spacial score (nSPS) is 29.4. The maximum atomic E-state index is 9.77. The molecular weight excluding hydrogens is 176 g/mol. The molecule has 1 saturated heterocycles. The molecule has 14 heavy (non-hydrogen) atoms. The fourth-order valence-electron chi connectivity index (χ4n) is 2.47. The van der Waals surface area contributed by atoms with Crippen LogP contribution in [-0.2, 0) is 0 Å². The fourth-order valence-corrected chi connectivity index (χ4v) is 2.47. The van der Waals surface area contributed by atoms with E-state index in [-0.39, 0.29) is 12.1 Å². The summed E-state index contributed by atoms with van der Waals surface area (Å²) in [7, 11) is 0. The lowest BCUT2D eigenvalue weighted by Gasteiger charge is -2.35. The molecule has 3 nitrogen and oxygen atoms in total. The highest BCUT2D eigenvalue weighted by Gasteiger charge is 2.36. The van der Waals surface area contributed by atoms with Crippen LogP contribution in [0.25, 0.3) is 0 Å². The predicted molar refractivity (Wildman–Crippen MR) is 56.7 cm³/mol. The highest BCUT2D eigenvalue weighted by Crippen LogP contribution is 2.35. The Labute approximate surface area is 83.3 Å². The zero-order valence-electron chi connectivity index (χ0n) is 7.98. The van der Waals surface area contributed by atoms with E-state index in [2.05, 4.69) is 22.3 Å². The molecule has 0 spiro atoms. The SMILES string of the molecule is OC1CCN2c3ccccc3NCC12. The second kappa shape index (κ2) is 2.89. The first-order chi connectivity index (χ1) is 6.86. The summed E-state index contributed by atoms with van der Waals surface area (Å²) in [5.74, 6) is 0. The topological polar surface area (TPSA) is 35.5 Å². The monoisotopic (exact) mass is 190 g/mol. The summed E-state index contributed by atoms with van der Waals surface area (Å²) in [6.07, 6.45) is 0.719. The van der Waals surface area contributed by atoms with Crippen molar-refractivity contribution in [1.82, 2.24) is 0 Å². The number of nitrogens with zero attached hydrogens (tertiary/aromatic N) is 1. The Balaban J connectivity index is 2.03. The van der Waals surface area contributed by atoms with Crippen molar-refractivity contribution in [2.45, 2.75) is 18.6 Å². The van der Waals surface area contributed by atoms with Gasteiger partial charge in [-0.1, -0.05) is 12.1 Å². The van der Waals surface area contributed by atoms with Crippen molar-refractivity contribution in [3.05, 3.63) is 24.3 Å².